The van der Waals surface area contributed by atoms with E-state index in [1.807, 2.05) is 40.0 Å². The van der Waals surface area contributed by atoms with Gasteiger partial charge in [0.15, 0.2) is 5.65 Å². The number of nitrogens with zero attached hydrogens (tertiary/aromatic N) is 4. The number of hydrogen-bond acceptors (Lipinski definition) is 4. The van der Waals surface area contributed by atoms with Gasteiger partial charge in [0.05, 0.1) is 5.60 Å². The number of fused-ring (bicyclic) bond motifs is 1. The fourth-order valence-corrected chi connectivity index (χ4v) is 3.69. The van der Waals surface area contributed by atoms with Crippen LogP contribution in [0.4, 0.5) is 4.79 Å². The van der Waals surface area contributed by atoms with Crippen LogP contribution in [0.2, 0.25) is 0 Å². The Labute approximate surface area is 140 Å². The molecule has 2 N–H and O–H groups in total. The molecule has 3 rings (SSSR count). The number of pyridine rings is 1. The average Bonchev–Trinajstić information content (AvgIpc) is 2.92. The summed E-state index contributed by atoms with van der Waals surface area (Å²) in [7, 11) is 0. The van der Waals surface area contributed by atoms with Crippen LogP contribution in [0.3, 0.4) is 0 Å². The molecule has 2 unspecified atom stereocenters. The summed E-state index contributed by atoms with van der Waals surface area (Å²) in [4.78, 5) is 17.2. The SMILES string of the molecule is Cc1cc2ncnn2cc1C1(O)CCN(C(=O)O)C(C(C)(C)C)C1. The van der Waals surface area contributed by atoms with E-state index in [9.17, 15) is 15.0 Å². The summed E-state index contributed by atoms with van der Waals surface area (Å²) in [5.41, 5.74) is 1.12. The molecule has 0 bridgehead atoms. The van der Waals surface area contributed by atoms with Gasteiger partial charge in [0, 0.05) is 30.8 Å². The zero-order chi connectivity index (χ0) is 17.7. The molecule has 0 saturated carbocycles. The van der Waals surface area contributed by atoms with E-state index in [0.717, 1.165) is 16.8 Å². The van der Waals surface area contributed by atoms with Crippen LogP contribution in [0.15, 0.2) is 18.6 Å². The van der Waals surface area contributed by atoms with Crippen molar-refractivity contribution in [3.63, 3.8) is 0 Å². The van der Waals surface area contributed by atoms with E-state index in [-0.39, 0.29) is 11.5 Å². The molecule has 7 nitrogen and oxygen atoms in total. The first-order valence-electron chi connectivity index (χ1n) is 8.14. The quantitative estimate of drug-likeness (QED) is 0.837. The van der Waals surface area contributed by atoms with Gasteiger partial charge in [-0.2, -0.15) is 5.10 Å². The Morgan fingerprint density at radius 2 is 2.12 bits per heavy atom. The molecule has 130 valence electrons. The van der Waals surface area contributed by atoms with Gasteiger partial charge >= 0.3 is 6.09 Å². The van der Waals surface area contributed by atoms with Crippen molar-refractivity contribution in [1.29, 1.82) is 0 Å². The molecular weight excluding hydrogens is 308 g/mol. The van der Waals surface area contributed by atoms with E-state index in [0.29, 0.717) is 19.4 Å². The Kier molecular flexibility index (Phi) is 3.79. The van der Waals surface area contributed by atoms with Crippen molar-refractivity contribution in [2.75, 3.05) is 6.54 Å². The summed E-state index contributed by atoms with van der Waals surface area (Å²) in [6.45, 7) is 8.27. The monoisotopic (exact) mass is 332 g/mol. The van der Waals surface area contributed by atoms with Crippen molar-refractivity contribution < 1.29 is 15.0 Å². The van der Waals surface area contributed by atoms with Crippen LogP contribution in [0.1, 0.15) is 44.7 Å². The third kappa shape index (κ3) is 2.73. The molecule has 0 radical (unpaired) electrons. The number of amides is 1. The van der Waals surface area contributed by atoms with Crippen molar-refractivity contribution in [3.8, 4) is 0 Å². The van der Waals surface area contributed by atoms with Crippen LogP contribution in [0, 0.1) is 12.3 Å². The topological polar surface area (TPSA) is 91.0 Å². The van der Waals surface area contributed by atoms with Crippen LogP contribution in [-0.4, -0.2) is 48.4 Å². The second-order valence-electron chi connectivity index (χ2n) is 7.78. The lowest BCUT2D eigenvalue weighted by Gasteiger charge is -2.48. The molecule has 1 aliphatic heterocycles. The minimum atomic E-state index is -1.08. The molecule has 0 spiro atoms. The first-order valence-corrected chi connectivity index (χ1v) is 8.14. The first-order chi connectivity index (χ1) is 11.1. The zero-order valence-electron chi connectivity index (χ0n) is 14.5. The number of piperidine rings is 1. The van der Waals surface area contributed by atoms with Crippen LogP contribution in [-0.2, 0) is 5.60 Å². The fourth-order valence-electron chi connectivity index (χ4n) is 3.69. The summed E-state index contributed by atoms with van der Waals surface area (Å²) < 4.78 is 1.65. The molecule has 1 aliphatic rings. The summed E-state index contributed by atoms with van der Waals surface area (Å²) in [6, 6.07) is 1.63. The van der Waals surface area contributed by atoms with Gasteiger partial charge in [-0.1, -0.05) is 20.8 Å². The van der Waals surface area contributed by atoms with Gasteiger partial charge in [-0.3, -0.25) is 0 Å². The smallest absolute Gasteiger partial charge is 0.407 e. The number of carboxylic acid groups (broad SMARTS) is 1. The highest BCUT2D eigenvalue weighted by molar-refractivity contribution is 5.66. The molecule has 2 aromatic heterocycles. The molecule has 2 atom stereocenters. The Bertz CT molecular complexity index is 780. The Morgan fingerprint density at radius 1 is 1.42 bits per heavy atom. The van der Waals surface area contributed by atoms with Gasteiger partial charge in [0.2, 0.25) is 0 Å². The maximum atomic E-state index is 11.6. The second-order valence-corrected chi connectivity index (χ2v) is 7.78. The van der Waals surface area contributed by atoms with E-state index >= 15 is 0 Å². The number of aryl methyl sites for hydroxylation is 1. The maximum Gasteiger partial charge on any atom is 0.407 e. The third-order valence-electron chi connectivity index (χ3n) is 5.04. The molecule has 7 heteroatoms. The van der Waals surface area contributed by atoms with Crippen LogP contribution >= 0.6 is 0 Å². The second kappa shape index (κ2) is 5.44. The highest BCUT2D eigenvalue weighted by Gasteiger charge is 2.46. The summed E-state index contributed by atoms with van der Waals surface area (Å²) in [6.07, 6.45) is 3.10. The number of rotatable bonds is 1. The van der Waals surface area contributed by atoms with Crippen molar-refractivity contribution in [2.24, 2.45) is 5.41 Å². The average molecular weight is 332 g/mol. The normalized spacial score (nSPS) is 25.2. The molecule has 1 amide bonds. The molecule has 1 saturated heterocycles. The lowest BCUT2D eigenvalue weighted by atomic mass is 9.72. The van der Waals surface area contributed by atoms with E-state index in [4.69, 9.17) is 0 Å². The molecule has 0 aromatic carbocycles. The Hall–Kier alpha value is -2.15. The summed E-state index contributed by atoms with van der Waals surface area (Å²) >= 11 is 0. The van der Waals surface area contributed by atoms with E-state index in [1.54, 1.807) is 4.52 Å². The van der Waals surface area contributed by atoms with E-state index in [1.165, 1.54) is 11.2 Å². The molecule has 0 aliphatic carbocycles. The Balaban J connectivity index is 2.02. The summed E-state index contributed by atoms with van der Waals surface area (Å²) in [5.74, 6) is 0. The number of carbonyl (C=O) groups is 1. The minimum Gasteiger partial charge on any atom is -0.465 e. The first kappa shape index (κ1) is 16.7. The van der Waals surface area contributed by atoms with Gasteiger partial charge in [0.1, 0.15) is 6.33 Å². The molecular formula is C17H24N4O3. The third-order valence-corrected chi connectivity index (χ3v) is 5.04. The standard InChI is InChI=1S/C17H24N4O3/c1-11-7-14-18-10-19-21(14)9-12(11)17(24)5-6-20(15(22)23)13(8-17)16(2,3)4/h7,9-10,13,24H,5-6,8H2,1-4H3,(H,22,23). The lowest BCUT2D eigenvalue weighted by Crippen LogP contribution is -2.56. The van der Waals surface area contributed by atoms with Crippen LogP contribution < -0.4 is 0 Å². The maximum absolute atomic E-state index is 11.6. The van der Waals surface area contributed by atoms with Crippen LogP contribution in [0.25, 0.3) is 5.65 Å². The minimum absolute atomic E-state index is 0.264. The number of aromatic nitrogens is 3. The van der Waals surface area contributed by atoms with E-state index < -0.39 is 11.7 Å². The summed E-state index contributed by atoms with van der Waals surface area (Å²) in [5, 5.41) is 25.0. The lowest BCUT2D eigenvalue weighted by molar-refractivity contribution is -0.0692. The molecule has 2 aromatic rings. The number of hydrogen-bond donors (Lipinski definition) is 2. The predicted octanol–water partition coefficient (Wildman–Crippen LogP) is 2.41. The van der Waals surface area contributed by atoms with Gasteiger partial charge in [-0.15, -0.1) is 0 Å². The van der Waals surface area contributed by atoms with Gasteiger partial charge in [-0.25, -0.2) is 14.3 Å². The van der Waals surface area contributed by atoms with Crippen molar-refractivity contribution in [3.05, 3.63) is 29.7 Å². The van der Waals surface area contributed by atoms with Crippen molar-refractivity contribution in [1.82, 2.24) is 19.5 Å². The van der Waals surface area contributed by atoms with Gasteiger partial charge in [-0.05, 0) is 30.4 Å². The number of likely N-dealkylation sites (tertiary alicyclic amines) is 1. The highest BCUT2D eigenvalue weighted by Crippen LogP contribution is 2.42. The van der Waals surface area contributed by atoms with Crippen LogP contribution in [0.5, 0.6) is 0 Å². The predicted molar refractivity (Wildman–Crippen MR) is 88.8 cm³/mol. The van der Waals surface area contributed by atoms with Crippen molar-refractivity contribution in [2.45, 2.75) is 52.2 Å². The fraction of sp³-hybridized carbons (Fsp3) is 0.588. The van der Waals surface area contributed by atoms with Gasteiger partial charge < -0.3 is 15.1 Å². The molecule has 3 heterocycles. The Morgan fingerprint density at radius 3 is 2.75 bits per heavy atom. The largest absolute Gasteiger partial charge is 0.465 e. The van der Waals surface area contributed by atoms with Gasteiger partial charge in [0.25, 0.3) is 0 Å². The van der Waals surface area contributed by atoms with Crippen molar-refractivity contribution >= 4 is 11.7 Å². The number of aliphatic hydroxyl groups is 1. The molecule has 1 fully saturated rings. The highest BCUT2D eigenvalue weighted by atomic mass is 16.4. The molecule has 24 heavy (non-hydrogen) atoms. The zero-order valence-corrected chi connectivity index (χ0v) is 14.5. The van der Waals surface area contributed by atoms with E-state index in [2.05, 4.69) is 10.1 Å².